The van der Waals surface area contributed by atoms with Crippen LogP contribution in [0.1, 0.15) is 18.4 Å². The van der Waals surface area contributed by atoms with Gasteiger partial charge >= 0.3 is 0 Å². The van der Waals surface area contributed by atoms with Crippen LogP contribution in [0.25, 0.3) is 0 Å². The molecule has 1 aromatic carbocycles. The maximum atomic E-state index is 13.0. The van der Waals surface area contributed by atoms with Crippen molar-refractivity contribution < 1.29 is 12.8 Å². The number of halogens is 2. The van der Waals surface area contributed by atoms with E-state index >= 15 is 0 Å². The van der Waals surface area contributed by atoms with Crippen LogP contribution in [0.5, 0.6) is 0 Å². The van der Waals surface area contributed by atoms with Crippen LogP contribution >= 0.6 is 11.6 Å². The second-order valence-electron chi connectivity index (χ2n) is 5.56. The lowest BCUT2D eigenvalue weighted by molar-refractivity contribution is 0.385. The molecule has 0 amide bonds. The number of benzene rings is 1. The molecule has 1 fully saturated rings. The van der Waals surface area contributed by atoms with E-state index < -0.39 is 10.0 Å². The molecule has 4 nitrogen and oxygen atoms in total. The summed E-state index contributed by atoms with van der Waals surface area (Å²) < 4.78 is 40.1. The predicted molar refractivity (Wildman–Crippen MR) is 86.3 cm³/mol. The third-order valence-electron chi connectivity index (χ3n) is 4.01. The highest BCUT2D eigenvalue weighted by Crippen LogP contribution is 2.28. The maximum absolute atomic E-state index is 13.0. The summed E-state index contributed by atoms with van der Waals surface area (Å²) in [6, 6.07) is 9.00. The molecule has 0 saturated carbocycles. The second kappa shape index (κ2) is 6.55. The van der Waals surface area contributed by atoms with Crippen LogP contribution in [0.2, 0.25) is 5.15 Å². The SMILES string of the molecule is O=S(=O)(c1ccc(Cl)nc1)N1CCCC1Cc1ccc(F)cc1. The van der Waals surface area contributed by atoms with Gasteiger partial charge in [0.25, 0.3) is 0 Å². The Kier molecular flexibility index (Phi) is 4.66. The molecular weight excluding hydrogens is 339 g/mol. The van der Waals surface area contributed by atoms with Crippen LogP contribution in [0.15, 0.2) is 47.5 Å². The number of rotatable bonds is 4. The first-order valence-electron chi connectivity index (χ1n) is 7.35. The highest BCUT2D eigenvalue weighted by atomic mass is 35.5. The number of pyridine rings is 1. The first-order valence-corrected chi connectivity index (χ1v) is 9.16. The quantitative estimate of drug-likeness (QED) is 0.792. The van der Waals surface area contributed by atoms with Crippen molar-refractivity contribution in [1.29, 1.82) is 0 Å². The molecule has 23 heavy (non-hydrogen) atoms. The normalized spacial score (nSPS) is 19.1. The van der Waals surface area contributed by atoms with Crippen molar-refractivity contribution >= 4 is 21.6 Å². The van der Waals surface area contributed by atoms with Crippen molar-refractivity contribution in [3.05, 3.63) is 59.1 Å². The van der Waals surface area contributed by atoms with Crippen LogP contribution in [0, 0.1) is 5.82 Å². The van der Waals surface area contributed by atoms with E-state index in [1.54, 1.807) is 12.1 Å². The van der Waals surface area contributed by atoms with Gasteiger partial charge in [-0.2, -0.15) is 4.31 Å². The van der Waals surface area contributed by atoms with E-state index in [1.165, 1.54) is 34.8 Å². The fourth-order valence-corrected chi connectivity index (χ4v) is 4.62. The lowest BCUT2D eigenvalue weighted by Gasteiger charge is -2.24. The van der Waals surface area contributed by atoms with Gasteiger partial charge in [-0.3, -0.25) is 0 Å². The topological polar surface area (TPSA) is 50.3 Å². The van der Waals surface area contributed by atoms with Crippen molar-refractivity contribution in [2.45, 2.75) is 30.2 Å². The summed E-state index contributed by atoms with van der Waals surface area (Å²) in [7, 11) is -3.59. The van der Waals surface area contributed by atoms with Crippen LogP contribution in [-0.2, 0) is 16.4 Å². The van der Waals surface area contributed by atoms with E-state index in [1.807, 2.05) is 0 Å². The number of sulfonamides is 1. The van der Waals surface area contributed by atoms with E-state index in [-0.39, 0.29) is 21.9 Å². The molecule has 1 aromatic heterocycles. The molecule has 1 aliphatic rings. The Morgan fingerprint density at radius 1 is 1.22 bits per heavy atom. The lowest BCUT2D eigenvalue weighted by Crippen LogP contribution is -2.36. The molecule has 1 unspecified atom stereocenters. The fourth-order valence-electron chi connectivity index (χ4n) is 2.87. The second-order valence-corrected chi connectivity index (χ2v) is 7.84. The smallest absolute Gasteiger partial charge is 0.243 e. The van der Waals surface area contributed by atoms with Crippen molar-refractivity contribution in [3.63, 3.8) is 0 Å². The van der Waals surface area contributed by atoms with Crippen molar-refractivity contribution in [3.8, 4) is 0 Å². The summed E-state index contributed by atoms with van der Waals surface area (Å²) in [5.41, 5.74) is 0.924. The summed E-state index contributed by atoms with van der Waals surface area (Å²) in [6.07, 6.45) is 3.45. The number of hydrogen-bond donors (Lipinski definition) is 0. The van der Waals surface area contributed by atoms with Crippen molar-refractivity contribution in [1.82, 2.24) is 9.29 Å². The average molecular weight is 355 g/mol. The minimum Gasteiger partial charge on any atom is -0.243 e. The van der Waals surface area contributed by atoms with E-state index in [0.717, 1.165) is 18.4 Å². The van der Waals surface area contributed by atoms with E-state index in [0.29, 0.717) is 13.0 Å². The molecule has 122 valence electrons. The zero-order chi connectivity index (χ0) is 16.4. The highest BCUT2D eigenvalue weighted by molar-refractivity contribution is 7.89. The van der Waals surface area contributed by atoms with E-state index in [9.17, 15) is 12.8 Å². The molecule has 0 bridgehead atoms. The molecule has 2 aromatic rings. The van der Waals surface area contributed by atoms with Crippen LogP contribution in [0.3, 0.4) is 0 Å². The average Bonchev–Trinajstić information content (AvgIpc) is 2.99. The van der Waals surface area contributed by atoms with Gasteiger partial charge in [-0.05, 0) is 49.1 Å². The summed E-state index contributed by atoms with van der Waals surface area (Å²) in [5, 5.41) is 0.258. The van der Waals surface area contributed by atoms with Gasteiger partial charge in [-0.15, -0.1) is 0 Å². The molecule has 1 atom stereocenters. The first kappa shape index (κ1) is 16.4. The Labute approximate surface area is 140 Å². The number of aromatic nitrogens is 1. The van der Waals surface area contributed by atoms with Gasteiger partial charge in [0, 0.05) is 18.8 Å². The minimum absolute atomic E-state index is 0.124. The molecule has 1 aliphatic heterocycles. The summed E-state index contributed by atoms with van der Waals surface area (Å²) in [4.78, 5) is 4.00. The molecule has 0 spiro atoms. The zero-order valence-corrected chi connectivity index (χ0v) is 13.9. The van der Waals surface area contributed by atoms with Crippen molar-refractivity contribution in [2.75, 3.05) is 6.54 Å². The van der Waals surface area contributed by atoms with Gasteiger partial charge < -0.3 is 0 Å². The largest absolute Gasteiger partial charge is 0.244 e. The fraction of sp³-hybridized carbons (Fsp3) is 0.312. The van der Waals surface area contributed by atoms with Crippen LogP contribution in [0.4, 0.5) is 4.39 Å². The van der Waals surface area contributed by atoms with Gasteiger partial charge in [0.05, 0.1) is 0 Å². The molecule has 1 saturated heterocycles. The van der Waals surface area contributed by atoms with Crippen LogP contribution < -0.4 is 0 Å². The van der Waals surface area contributed by atoms with E-state index in [4.69, 9.17) is 11.6 Å². The maximum Gasteiger partial charge on any atom is 0.244 e. The molecule has 0 N–H and O–H groups in total. The summed E-state index contributed by atoms with van der Waals surface area (Å²) in [6.45, 7) is 0.483. The Morgan fingerprint density at radius 3 is 2.61 bits per heavy atom. The summed E-state index contributed by atoms with van der Waals surface area (Å²) in [5.74, 6) is -0.295. The lowest BCUT2D eigenvalue weighted by atomic mass is 10.0. The highest BCUT2D eigenvalue weighted by Gasteiger charge is 2.35. The molecular formula is C16H16ClFN2O2S. The molecule has 2 heterocycles. The Balaban J connectivity index is 1.83. The Morgan fingerprint density at radius 2 is 1.96 bits per heavy atom. The Hall–Kier alpha value is -1.50. The van der Waals surface area contributed by atoms with Crippen molar-refractivity contribution in [2.24, 2.45) is 0 Å². The molecule has 0 radical (unpaired) electrons. The third kappa shape index (κ3) is 3.54. The van der Waals surface area contributed by atoms with Gasteiger partial charge in [-0.25, -0.2) is 17.8 Å². The standard InChI is InChI=1S/C16H16ClFN2O2S/c17-16-8-7-15(11-19-16)23(21,22)20-9-1-2-14(20)10-12-3-5-13(18)6-4-12/h3-8,11,14H,1-2,9-10H2. The molecule has 0 aliphatic carbocycles. The zero-order valence-electron chi connectivity index (χ0n) is 12.3. The van der Waals surface area contributed by atoms with Gasteiger partial charge in [-0.1, -0.05) is 23.7 Å². The van der Waals surface area contributed by atoms with Gasteiger partial charge in [0.2, 0.25) is 10.0 Å². The molecule has 7 heteroatoms. The molecule has 3 rings (SSSR count). The Bertz CT molecular complexity index is 779. The monoisotopic (exact) mass is 354 g/mol. The third-order valence-corrected chi connectivity index (χ3v) is 6.17. The summed E-state index contributed by atoms with van der Waals surface area (Å²) >= 11 is 5.72. The number of hydrogen-bond acceptors (Lipinski definition) is 3. The first-order chi connectivity index (χ1) is 11.0. The minimum atomic E-state index is -3.59. The predicted octanol–water partition coefficient (Wildman–Crippen LogP) is 3.27. The number of nitrogens with zero attached hydrogens (tertiary/aromatic N) is 2. The van der Waals surface area contributed by atoms with Crippen LogP contribution in [-0.4, -0.2) is 30.3 Å². The van der Waals surface area contributed by atoms with Gasteiger partial charge in [0.1, 0.15) is 15.9 Å². The van der Waals surface area contributed by atoms with E-state index in [2.05, 4.69) is 4.98 Å². The van der Waals surface area contributed by atoms with Gasteiger partial charge in [0.15, 0.2) is 0 Å².